The number of aliphatic hydroxyl groups is 1. The first-order chi connectivity index (χ1) is 16.0. The molecule has 5 N–H and O–H groups in total. The molecule has 186 valence electrons. The zero-order valence-corrected chi connectivity index (χ0v) is 21.0. The number of aromatic amines is 1. The number of methoxy groups -OCH3 is 1. The standard InChI is InChI=1S/C20H25Cl2N5O6S/c1-8(28)6-23-18(30)16-15(19(31)32)26-20(34-16)27-5-4-10(11(7-27)33-3)25-17(29)14-13(22)12(21)9(2)24-14/h8,10-11,24,28H,4-7H2,1-3H3,(H,23,30)(H,25,29)(H,31,32). The van der Waals surface area contributed by atoms with Crippen molar-refractivity contribution in [1.29, 1.82) is 0 Å². The van der Waals surface area contributed by atoms with Crippen LogP contribution in [-0.2, 0) is 4.74 Å². The average Bonchev–Trinajstić information content (AvgIpc) is 3.35. The molecular weight excluding hydrogens is 509 g/mol. The molecule has 0 radical (unpaired) electrons. The van der Waals surface area contributed by atoms with Crippen molar-refractivity contribution in [3.05, 3.63) is 32.0 Å². The van der Waals surface area contributed by atoms with Crippen LogP contribution in [0.1, 0.15) is 49.7 Å². The van der Waals surface area contributed by atoms with E-state index in [4.69, 9.17) is 27.9 Å². The summed E-state index contributed by atoms with van der Waals surface area (Å²) in [6.07, 6.45) is -0.740. The molecule has 2 aromatic rings. The average molecular weight is 534 g/mol. The molecule has 1 aliphatic heterocycles. The lowest BCUT2D eigenvalue weighted by molar-refractivity contribution is 0.0539. The van der Waals surface area contributed by atoms with E-state index in [0.29, 0.717) is 30.3 Å². The molecule has 3 heterocycles. The molecule has 0 aliphatic carbocycles. The third-order valence-corrected chi connectivity index (χ3v) is 7.37. The van der Waals surface area contributed by atoms with Crippen molar-refractivity contribution >= 4 is 57.5 Å². The van der Waals surface area contributed by atoms with Crippen LogP contribution in [0.25, 0.3) is 0 Å². The topological polar surface area (TPSA) is 157 Å². The molecule has 2 aromatic heterocycles. The number of halogens is 2. The second-order valence-corrected chi connectivity index (χ2v) is 9.61. The quantitative estimate of drug-likeness (QED) is 0.344. The molecule has 3 rings (SSSR count). The Bertz CT molecular complexity index is 1090. The summed E-state index contributed by atoms with van der Waals surface area (Å²) in [6.45, 7) is 3.94. The third kappa shape index (κ3) is 5.63. The maximum absolute atomic E-state index is 12.7. The van der Waals surface area contributed by atoms with Crippen LogP contribution < -0.4 is 15.5 Å². The van der Waals surface area contributed by atoms with Gasteiger partial charge in [0.15, 0.2) is 10.8 Å². The van der Waals surface area contributed by atoms with Gasteiger partial charge in [-0.15, -0.1) is 0 Å². The minimum absolute atomic E-state index is 0.0163. The van der Waals surface area contributed by atoms with Gasteiger partial charge in [-0.25, -0.2) is 9.78 Å². The molecule has 2 amide bonds. The highest BCUT2D eigenvalue weighted by molar-refractivity contribution is 7.17. The summed E-state index contributed by atoms with van der Waals surface area (Å²) >= 11 is 13.1. The SMILES string of the molecule is COC1CN(c2nc(C(=O)O)c(C(=O)NCC(C)O)s2)CCC1NC(=O)c1[nH]c(C)c(Cl)c1Cl. The molecule has 34 heavy (non-hydrogen) atoms. The highest BCUT2D eigenvalue weighted by Gasteiger charge is 2.34. The van der Waals surface area contributed by atoms with Crippen LogP contribution in [0.2, 0.25) is 10.0 Å². The predicted octanol–water partition coefficient (Wildman–Crippen LogP) is 1.92. The van der Waals surface area contributed by atoms with Crippen molar-refractivity contribution in [2.24, 2.45) is 0 Å². The first-order valence-corrected chi connectivity index (χ1v) is 11.9. The monoisotopic (exact) mass is 533 g/mol. The van der Waals surface area contributed by atoms with E-state index in [2.05, 4.69) is 20.6 Å². The fourth-order valence-electron chi connectivity index (χ4n) is 3.53. The number of ether oxygens (including phenoxy) is 1. The zero-order chi connectivity index (χ0) is 25.2. The fraction of sp³-hybridized carbons (Fsp3) is 0.500. The summed E-state index contributed by atoms with van der Waals surface area (Å²) < 4.78 is 5.58. The number of hydrogen-bond donors (Lipinski definition) is 5. The largest absolute Gasteiger partial charge is 0.476 e. The molecule has 0 spiro atoms. The van der Waals surface area contributed by atoms with Crippen LogP contribution >= 0.6 is 34.5 Å². The van der Waals surface area contributed by atoms with Crippen LogP contribution in [0.3, 0.4) is 0 Å². The van der Waals surface area contributed by atoms with E-state index in [1.807, 2.05) is 4.90 Å². The summed E-state index contributed by atoms with van der Waals surface area (Å²) in [4.78, 5) is 45.6. The number of piperidine rings is 1. The molecule has 3 unspecified atom stereocenters. The number of carboxylic acid groups (broad SMARTS) is 1. The van der Waals surface area contributed by atoms with Crippen molar-refractivity contribution < 1.29 is 29.3 Å². The number of carbonyl (C=O) groups is 3. The second kappa shape index (κ2) is 10.9. The summed E-state index contributed by atoms with van der Waals surface area (Å²) in [5.41, 5.74) is 0.391. The number of thiazole rings is 1. The van der Waals surface area contributed by atoms with E-state index in [1.165, 1.54) is 14.0 Å². The summed E-state index contributed by atoms with van der Waals surface area (Å²) in [7, 11) is 1.51. The molecule has 1 saturated heterocycles. The number of aliphatic hydroxyl groups excluding tert-OH is 1. The normalized spacial score (nSPS) is 19.1. The lowest BCUT2D eigenvalue weighted by Gasteiger charge is -2.37. The number of rotatable bonds is 8. The van der Waals surface area contributed by atoms with E-state index in [1.54, 1.807) is 6.92 Å². The van der Waals surface area contributed by atoms with Gasteiger partial charge in [-0.1, -0.05) is 34.5 Å². The molecule has 3 atom stereocenters. The second-order valence-electron chi connectivity index (χ2n) is 7.88. The van der Waals surface area contributed by atoms with E-state index in [-0.39, 0.29) is 38.9 Å². The van der Waals surface area contributed by atoms with Crippen LogP contribution in [0.15, 0.2) is 0 Å². The van der Waals surface area contributed by atoms with Gasteiger partial charge in [0.25, 0.3) is 11.8 Å². The number of carboxylic acids is 1. The molecule has 0 saturated carbocycles. The molecular formula is C20H25Cl2N5O6S. The van der Waals surface area contributed by atoms with Crippen molar-refractivity contribution in [3.63, 3.8) is 0 Å². The van der Waals surface area contributed by atoms with Crippen molar-refractivity contribution in [1.82, 2.24) is 20.6 Å². The number of carbonyl (C=O) groups excluding carboxylic acids is 2. The third-order valence-electron chi connectivity index (χ3n) is 5.31. The fourth-order valence-corrected chi connectivity index (χ4v) is 4.95. The van der Waals surface area contributed by atoms with Crippen LogP contribution in [-0.4, -0.2) is 83.0 Å². The van der Waals surface area contributed by atoms with Crippen LogP contribution in [0.4, 0.5) is 5.13 Å². The Morgan fingerprint density at radius 2 is 2.03 bits per heavy atom. The zero-order valence-electron chi connectivity index (χ0n) is 18.6. The summed E-state index contributed by atoms with van der Waals surface area (Å²) in [5.74, 6) is -2.36. The van der Waals surface area contributed by atoms with E-state index in [9.17, 15) is 24.6 Å². The smallest absolute Gasteiger partial charge is 0.356 e. The number of H-pyrrole nitrogens is 1. The Morgan fingerprint density at radius 1 is 1.32 bits per heavy atom. The van der Waals surface area contributed by atoms with E-state index < -0.39 is 30.0 Å². The maximum Gasteiger partial charge on any atom is 0.356 e. The molecule has 1 aliphatic rings. The van der Waals surface area contributed by atoms with Crippen molar-refractivity contribution in [3.8, 4) is 0 Å². The van der Waals surface area contributed by atoms with E-state index >= 15 is 0 Å². The number of nitrogens with zero attached hydrogens (tertiary/aromatic N) is 2. The Hall–Kier alpha value is -2.38. The minimum atomic E-state index is -1.33. The van der Waals surface area contributed by atoms with Gasteiger partial charge >= 0.3 is 5.97 Å². The Labute approximate surface area is 209 Å². The number of nitrogens with one attached hydrogen (secondary N) is 3. The highest BCUT2D eigenvalue weighted by atomic mass is 35.5. The van der Waals surface area contributed by atoms with Gasteiger partial charge in [-0.05, 0) is 20.3 Å². The number of anilines is 1. The Morgan fingerprint density at radius 3 is 2.59 bits per heavy atom. The number of amides is 2. The van der Waals surface area contributed by atoms with E-state index in [0.717, 1.165) is 11.3 Å². The maximum atomic E-state index is 12.7. The first-order valence-electron chi connectivity index (χ1n) is 10.4. The lowest BCUT2D eigenvalue weighted by Crippen LogP contribution is -2.55. The number of aromatic carboxylic acids is 1. The lowest BCUT2D eigenvalue weighted by atomic mass is 10.0. The summed E-state index contributed by atoms with van der Waals surface area (Å²) in [6, 6.07) is -0.347. The molecule has 0 bridgehead atoms. The van der Waals surface area contributed by atoms with Gasteiger partial charge in [0, 0.05) is 32.4 Å². The van der Waals surface area contributed by atoms with Gasteiger partial charge in [0.2, 0.25) is 0 Å². The van der Waals surface area contributed by atoms with Gasteiger partial charge in [-0.3, -0.25) is 9.59 Å². The Kier molecular flexibility index (Phi) is 8.42. The molecule has 0 aromatic carbocycles. The van der Waals surface area contributed by atoms with Crippen LogP contribution in [0, 0.1) is 6.92 Å². The molecule has 14 heteroatoms. The Balaban J connectivity index is 1.73. The number of aryl methyl sites for hydroxylation is 1. The summed E-state index contributed by atoms with van der Waals surface area (Å²) in [5, 5.41) is 25.0. The predicted molar refractivity (Wildman–Crippen MR) is 128 cm³/mol. The van der Waals surface area contributed by atoms with Crippen molar-refractivity contribution in [2.45, 2.75) is 38.5 Å². The van der Waals surface area contributed by atoms with Gasteiger partial charge < -0.3 is 35.5 Å². The van der Waals surface area contributed by atoms with Gasteiger partial charge in [0.05, 0.1) is 28.3 Å². The van der Waals surface area contributed by atoms with Crippen molar-refractivity contribution in [2.75, 3.05) is 31.6 Å². The number of hydrogen-bond acceptors (Lipinski definition) is 8. The number of aromatic nitrogens is 2. The van der Waals surface area contributed by atoms with Gasteiger partial charge in [-0.2, -0.15) is 0 Å². The van der Waals surface area contributed by atoms with Crippen LogP contribution in [0.5, 0.6) is 0 Å². The molecule has 1 fully saturated rings. The minimum Gasteiger partial charge on any atom is -0.476 e. The highest BCUT2D eigenvalue weighted by Crippen LogP contribution is 2.31. The van der Waals surface area contributed by atoms with Gasteiger partial charge in [0.1, 0.15) is 10.6 Å². The molecule has 11 nitrogen and oxygen atoms in total. The first kappa shape index (κ1) is 26.2.